The van der Waals surface area contributed by atoms with Crippen molar-refractivity contribution in [2.75, 3.05) is 0 Å². The number of benzene rings is 2. The lowest BCUT2D eigenvalue weighted by Crippen LogP contribution is -2.14. The predicted molar refractivity (Wildman–Crippen MR) is 94.6 cm³/mol. The van der Waals surface area contributed by atoms with Gasteiger partial charge in [-0.25, -0.2) is 4.79 Å². The van der Waals surface area contributed by atoms with E-state index in [9.17, 15) is 15.0 Å². The van der Waals surface area contributed by atoms with E-state index in [1.165, 1.54) is 6.07 Å². The van der Waals surface area contributed by atoms with Crippen LogP contribution >= 0.6 is 0 Å². The Balaban J connectivity index is 2.38. The first-order valence-electron chi connectivity index (χ1n) is 7.68. The van der Waals surface area contributed by atoms with Crippen molar-refractivity contribution in [2.45, 2.75) is 32.8 Å². The molecule has 126 valence electrons. The molecule has 0 saturated carbocycles. The molecule has 0 fully saturated rings. The Bertz CT molecular complexity index is 770. The molecule has 0 bridgehead atoms. The van der Waals surface area contributed by atoms with E-state index < -0.39 is 11.4 Å². The number of hydrogen-bond donors (Lipinski definition) is 2. The Morgan fingerprint density at radius 1 is 1.25 bits per heavy atom. The van der Waals surface area contributed by atoms with Crippen LogP contribution < -0.4 is 4.74 Å². The lowest BCUT2D eigenvalue weighted by atomic mass is 9.85. The molecule has 2 aromatic carbocycles. The maximum atomic E-state index is 11.4. The number of carbonyl (C=O) groups is 1. The molecule has 0 saturated heterocycles. The highest BCUT2D eigenvalue weighted by molar-refractivity contribution is 5.92. The maximum Gasteiger partial charge on any atom is 0.339 e. The summed E-state index contributed by atoms with van der Waals surface area (Å²) in [5, 5.41) is 19.6. The van der Waals surface area contributed by atoms with Crippen molar-refractivity contribution < 1.29 is 19.7 Å². The predicted octanol–water partition coefficient (Wildman–Crippen LogP) is 4.61. The van der Waals surface area contributed by atoms with E-state index in [2.05, 4.69) is 6.58 Å². The number of hydrogen-bond acceptors (Lipinski definition) is 3. The van der Waals surface area contributed by atoms with E-state index in [0.29, 0.717) is 11.3 Å². The summed E-state index contributed by atoms with van der Waals surface area (Å²) >= 11 is 0. The average molecular weight is 326 g/mol. The molecule has 0 spiro atoms. The van der Waals surface area contributed by atoms with E-state index in [1.54, 1.807) is 12.1 Å². The van der Waals surface area contributed by atoms with Crippen LogP contribution in [0.2, 0.25) is 0 Å². The lowest BCUT2D eigenvalue weighted by Gasteiger charge is -2.22. The Morgan fingerprint density at radius 3 is 2.50 bits per heavy atom. The normalized spacial score (nSPS) is 11.1. The topological polar surface area (TPSA) is 66.8 Å². The van der Waals surface area contributed by atoms with Gasteiger partial charge in [0.15, 0.2) is 0 Å². The monoisotopic (exact) mass is 326 g/mol. The Labute approximate surface area is 142 Å². The van der Waals surface area contributed by atoms with Crippen molar-refractivity contribution in [3.63, 3.8) is 0 Å². The summed E-state index contributed by atoms with van der Waals surface area (Å²) < 4.78 is 5.79. The molecular weight excluding hydrogens is 304 g/mol. The van der Waals surface area contributed by atoms with Crippen LogP contribution in [0.3, 0.4) is 0 Å². The number of carboxylic acids is 1. The molecule has 0 aliphatic heterocycles. The molecule has 24 heavy (non-hydrogen) atoms. The maximum absolute atomic E-state index is 11.4. The lowest BCUT2D eigenvalue weighted by molar-refractivity contribution is 0.0692. The molecule has 0 unspecified atom stereocenters. The third-order valence-corrected chi connectivity index (χ3v) is 3.79. The molecule has 0 radical (unpaired) electrons. The fourth-order valence-corrected chi connectivity index (χ4v) is 2.45. The van der Waals surface area contributed by atoms with Gasteiger partial charge in [0, 0.05) is 5.56 Å². The van der Waals surface area contributed by atoms with Gasteiger partial charge in [-0.3, -0.25) is 0 Å². The van der Waals surface area contributed by atoms with Crippen LogP contribution in [0.1, 0.15) is 47.8 Å². The molecule has 2 aromatic rings. The van der Waals surface area contributed by atoms with E-state index in [0.717, 1.165) is 11.1 Å². The highest BCUT2D eigenvalue weighted by atomic mass is 16.5. The summed E-state index contributed by atoms with van der Waals surface area (Å²) in [7, 11) is 0. The molecule has 0 aliphatic rings. The highest BCUT2D eigenvalue weighted by Crippen LogP contribution is 2.37. The number of ether oxygens (including phenoxy) is 1. The largest absolute Gasteiger partial charge is 0.507 e. The van der Waals surface area contributed by atoms with Crippen molar-refractivity contribution in [3.8, 4) is 11.5 Å². The van der Waals surface area contributed by atoms with Gasteiger partial charge < -0.3 is 14.9 Å². The summed E-state index contributed by atoms with van der Waals surface area (Å²) in [5.41, 5.74) is 1.89. The van der Waals surface area contributed by atoms with Crippen LogP contribution in [-0.2, 0) is 12.0 Å². The zero-order valence-electron chi connectivity index (χ0n) is 14.2. The van der Waals surface area contributed by atoms with Crippen molar-refractivity contribution in [3.05, 3.63) is 65.2 Å². The molecule has 4 heteroatoms. The van der Waals surface area contributed by atoms with Crippen molar-refractivity contribution >= 4 is 12.0 Å². The molecule has 2 rings (SSSR count). The van der Waals surface area contributed by atoms with Crippen LogP contribution in [0.15, 0.2) is 43.0 Å². The minimum absolute atomic E-state index is 0.158. The van der Waals surface area contributed by atoms with E-state index in [1.807, 2.05) is 45.0 Å². The van der Waals surface area contributed by atoms with Crippen LogP contribution in [-0.4, -0.2) is 16.2 Å². The first-order chi connectivity index (χ1) is 11.2. The zero-order chi connectivity index (χ0) is 17.9. The highest BCUT2D eigenvalue weighted by Gasteiger charge is 2.24. The van der Waals surface area contributed by atoms with Gasteiger partial charge in [-0.05, 0) is 28.7 Å². The minimum atomic E-state index is -1.19. The number of rotatable bonds is 5. The van der Waals surface area contributed by atoms with E-state index >= 15 is 0 Å². The molecule has 0 aliphatic carbocycles. The molecule has 0 amide bonds. The molecule has 2 N–H and O–H groups in total. The summed E-state index contributed by atoms with van der Waals surface area (Å²) in [4.78, 5) is 11.4. The Hall–Kier alpha value is -2.75. The van der Waals surface area contributed by atoms with Crippen LogP contribution in [0, 0.1) is 0 Å². The first-order valence-corrected chi connectivity index (χ1v) is 7.68. The third-order valence-electron chi connectivity index (χ3n) is 3.79. The van der Waals surface area contributed by atoms with Gasteiger partial charge in [0.2, 0.25) is 0 Å². The van der Waals surface area contributed by atoms with Gasteiger partial charge >= 0.3 is 5.97 Å². The van der Waals surface area contributed by atoms with Gasteiger partial charge in [0.05, 0.1) is 0 Å². The van der Waals surface area contributed by atoms with Crippen molar-refractivity contribution in [1.29, 1.82) is 0 Å². The standard InChI is InChI=1S/C20H22O4/c1-5-13-8-6-7-9-14(13)12-24-15-10-16(19(22)23)18(21)17(11-15)20(2,3)4/h5-11,21H,1,12H2,2-4H3,(H,22,23). The quantitative estimate of drug-likeness (QED) is 0.842. The molecule has 0 atom stereocenters. The van der Waals surface area contributed by atoms with E-state index in [4.69, 9.17) is 4.74 Å². The second kappa shape index (κ2) is 6.79. The molecule has 0 aromatic heterocycles. The Kier molecular flexibility index (Phi) is 4.98. The van der Waals surface area contributed by atoms with Crippen molar-refractivity contribution in [2.24, 2.45) is 0 Å². The van der Waals surface area contributed by atoms with Gasteiger partial charge in [0.25, 0.3) is 0 Å². The Morgan fingerprint density at radius 2 is 1.92 bits per heavy atom. The van der Waals surface area contributed by atoms with Crippen LogP contribution in [0.5, 0.6) is 11.5 Å². The van der Waals surface area contributed by atoms with E-state index in [-0.39, 0.29) is 17.9 Å². The summed E-state index contributed by atoms with van der Waals surface area (Å²) in [6, 6.07) is 10.7. The summed E-state index contributed by atoms with van der Waals surface area (Å²) in [5.74, 6) is -0.988. The van der Waals surface area contributed by atoms with Gasteiger partial charge in [0.1, 0.15) is 23.7 Å². The second-order valence-corrected chi connectivity index (χ2v) is 6.61. The van der Waals surface area contributed by atoms with Crippen LogP contribution in [0.25, 0.3) is 6.08 Å². The summed E-state index contributed by atoms with van der Waals surface area (Å²) in [6.45, 7) is 9.78. The summed E-state index contributed by atoms with van der Waals surface area (Å²) in [6.07, 6.45) is 1.75. The van der Waals surface area contributed by atoms with Crippen LogP contribution in [0.4, 0.5) is 0 Å². The second-order valence-electron chi connectivity index (χ2n) is 6.61. The van der Waals surface area contributed by atoms with Gasteiger partial charge in [-0.15, -0.1) is 0 Å². The minimum Gasteiger partial charge on any atom is -0.507 e. The van der Waals surface area contributed by atoms with Gasteiger partial charge in [-0.2, -0.15) is 0 Å². The average Bonchev–Trinajstić information content (AvgIpc) is 2.52. The molecular formula is C20H22O4. The fourth-order valence-electron chi connectivity index (χ4n) is 2.45. The fraction of sp³-hybridized carbons (Fsp3) is 0.250. The number of aromatic hydroxyl groups is 1. The molecule has 4 nitrogen and oxygen atoms in total. The third kappa shape index (κ3) is 3.77. The smallest absolute Gasteiger partial charge is 0.339 e. The number of carboxylic acid groups (broad SMARTS) is 1. The SMILES string of the molecule is C=Cc1ccccc1COc1cc(C(=O)O)c(O)c(C(C)(C)C)c1. The molecule has 0 heterocycles. The number of phenols is 1. The number of aromatic carboxylic acids is 1. The zero-order valence-corrected chi connectivity index (χ0v) is 14.2. The van der Waals surface area contributed by atoms with Crippen molar-refractivity contribution in [1.82, 2.24) is 0 Å². The first kappa shape index (κ1) is 17.6. The van der Waals surface area contributed by atoms with Gasteiger partial charge in [-0.1, -0.05) is 57.7 Å².